The predicted octanol–water partition coefficient (Wildman–Crippen LogP) is 3.44. The summed E-state index contributed by atoms with van der Waals surface area (Å²) in [5.74, 6) is 1.36. The summed E-state index contributed by atoms with van der Waals surface area (Å²) >= 11 is 1.49. The molecule has 0 bridgehead atoms. The molecule has 0 spiro atoms. The standard InChI is InChI=1S/C13H13N3OS/c1-10-4-6-11(7-5-10)12-15-16-13(17-12)18-9-3-2-8-14/h4-7H,2-3,9H2,1H3. The van der Waals surface area contributed by atoms with Crippen molar-refractivity contribution in [3.05, 3.63) is 29.8 Å². The number of hydrogen-bond donors (Lipinski definition) is 0. The molecule has 18 heavy (non-hydrogen) atoms. The topological polar surface area (TPSA) is 62.7 Å². The molecule has 0 amide bonds. The van der Waals surface area contributed by atoms with Gasteiger partial charge in [-0.05, 0) is 25.5 Å². The van der Waals surface area contributed by atoms with Crippen molar-refractivity contribution in [3.63, 3.8) is 0 Å². The zero-order chi connectivity index (χ0) is 12.8. The van der Waals surface area contributed by atoms with Gasteiger partial charge in [0.1, 0.15) is 0 Å². The molecule has 1 heterocycles. The summed E-state index contributed by atoms with van der Waals surface area (Å²) in [4.78, 5) is 0. The van der Waals surface area contributed by atoms with Crippen LogP contribution >= 0.6 is 11.8 Å². The van der Waals surface area contributed by atoms with E-state index in [-0.39, 0.29) is 0 Å². The fourth-order valence-electron chi connectivity index (χ4n) is 1.39. The zero-order valence-electron chi connectivity index (χ0n) is 10.1. The van der Waals surface area contributed by atoms with Crippen molar-refractivity contribution < 1.29 is 4.42 Å². The van der Waals surface area contributed by atoms with Crippen LogP contribution < -0.4 is 0 Å². The second kappa shape index (κ2) is 6.22. The normalized spacial score (nSPS) is 10.2. The molecule has 4 nitrogen and oxygen atoms in total. The molecular weight excluding hydrogens is 246 g/mol. The van der Waals surface area contributed by atoms with Crippen LogP contribution in [0.4, 0.5) is 0 Å². The maximum absolute atomic E-state index is 8.43. The summed E-state index contributed by atoms with van der Waals surface area (Å²) in [6.45, 7) is 2.04. The van der Waals surface area contributed by atoms with Crippen LogP contribution in [-0.2, 0) is 0 Å². The molecule has 0 aliphatic rings. The van der Waals surface area contributed by atoms with Crippen LogP contribution in [0, 0.1) is 18.3 Å². The van der Waals surface area contributed by atoms with Crippen LogP contribution in [0.1, 0.15) is 18.4 Å². The fourth-order valence-corrected chi connectivity index (χ4v) is 2.09. The Bertz CT molecular complexity index is 542. The Morgan fingerprint density at radius 1 is 1.28 bits per heavy atom. The summed E-state index contributed by atoms with van der Waals surface area (Å²) in [5.41, 5.74) is 2.13. The Morgan fingerprint density at radius 2 is 2.06 bits per heavy atom. The van der Waals surface area contributed by atoms with E-state index in [0.717, 1.165) is 17.7 Å². The fraction of sp³-hybridized carbons (Fsp3) is 0.308. The Kier molecular flexibility index (Phi) is 4.37. The molecule has 2 rings (SSSR count). The van der Waals surface area contributed by atoms with E-state index in [2.05, 4.69) is 16.3 Å². The number of thioether (sulfide) groups is 1. The van der Waals surface area contributed by atoms with Gasteiger partial charge in [-0.2, -0.15) is 5.26 Å². The SMILES string of the molecule is Cc1ccc(-c2nnc(SCCCC#N)o2)cc1. The average molecular weight is 259 g/mol. The lowest BCUT2D eigenvalue weighted by atomic mass is 10.1. The molecule has 0 fully saturated rings. The summed E-state index contributed by atoms with van der Waals surface area (Å²) in [7, 11) is 0. The lowest BCUT2D eigenvalue weighted by molar-refractivity contribution is 0.466. The molecule has 0 N–H and O–H groups in total. The Balaban J connectivity index is 1.97. The third-order valence-electron chi connectivity index (χ3n) is 2.36. The number of nitrogens with zero attached hydrogens (tertiary/aromatic N) is 3. The summed E-state index contributed by atoms with van der Waals surface area (Å²) in [6, 6.07) is 10.1. The molecule has 0 atom stereocenters. The van der Waals surface area contributed by atoms with Gasteiger partial charge in [0.05, 0.1) is 6.07 Å². The average Bonchev–Trinajstić information content (AvgIpc) is 2.84. The van der Waals surface area contributed by atoms with Gasteiger partial charge in [0, 0.05) is 17.7 Å². The molecule has 0 aliphatic heterocycles. The van der Waals surface area contributed by atoms with Gasteiger partial charge in [0.15, 0.2) is 0 Å². The van der Waals surface area contributed by atoms with Crippen LogP contribution in [0.3, 0.4) is 0 Å². The van der Waals surface area contributed by atoms with Crippen LogP contribution in [0.2, 0.25) is 0 Å². The second-order valence-electron chi connectivity index (χ2n) is 3.85. The second-order valence-corrected chi connectivity index (χ2v) is 4.90. The third kappa shape index (κ3) is 3.34. The maximum atomic E-state index is 8.43. The number of hydrogen-bond acceptors (Lipinski definition) is 5. The van der Waals surface area contributed by atoms with Gasteiger partial charge in [-0.25, -0.2) is 0 Å². The van der Waals surface area contributed by atoms with E-state index in [4.69, 9.17) is 9.68 Å². The molecule has 5 heteroatoms. The summed E-state index contributed by atoms with van der Waals surface area (Å²) < 4.78 is 5.55. The van der Waals surface area contributed by atoms with Gasteiger partial charge in [-0.1, -0.05) is 29.5 Å². The predicted molar refractivity (Wildman–Crippen MR) is 70.0 cm³/mol. The van der Waals surface area contributed by atoms with Crippen molar-refractivity contribution in [2.24, 2.45) is 0 Å². The molecule has 0 saturated heterocycles. The number of nitriles is 1. The highest BCUT2D eigenvalue weighted by Crippen LogP contribution is 2.23. The highest BCUT2D eigenvalue weighted by molar-refractivity contribution is 7.99. The first-order chi connectivity index (χ1) is 8.79. The van der Waals surface area contributed by atoms with Crippen molar-refractivity contribution in [2.75, 3.05) is 5.75 Å². The largest absolute Gasteiger partial charge is 0.411 e. The van der Waals surface area contributed by atoms with Gasteiger partial charge in [-0.3, -0.25) is 0 Å². The minimum atomic E-state index is 0.540. The molecule has 0 aliphatic carbocycles. The number of unbranched alkanes of at least 4 members (excludes halogenated alkanes) is 1. The van der Waals surface area contributed by atoms with Crippen LogP contribution in [0.5, 0.6) is 0 Å². The maximum Gasteiger partial charge on any atom is 0.276 e. The summed E-state index contributed by atoms with van der Waals surface area (Å²) in [5, 5.41) is 17.0. The number of aromatic nitrogens is 2. The first-order valence-corrected chi connectivity index (χ1v) is 6.68. The third-order valence-corrected chi connectivity index (χ3v) is 3.27. The molecule has 1 aromatic carbocycles. The van der Waals surface area contributed by atoms with Crippen LogP contribution in [-0.4, -0.2) is 16.0 Å². The van der Waals surface area contributed by atoms with E-state index in [1.807, 2.05) is 31.2 Å². The van der Waals surface area contributed by atoms with E-state index >= 15 is 0 Å². The highest BCUT2D eigenvalue weighted by Gasteiger charge is 2.08. The lowest BCUT2D eigenvalue weighted by Gasteiger charge is -1.95. The van der Waals surface area contributed by atoms with Crippen LogP contribution in [0.15, 0.2) is 33.9 Å². The Hall–Kier alpha value is -1.80. The van der Waals surface area contributed by atoms with Gasteiger partial charge in [0.25, 0.3) is 5.22 Å². The minimum absolute atomic E-state index is 0.540. The van der Waals surface area contributed by atoms with Gasteiger partial charge in [-0.15, -0.1) is 10.2 Å². The quantitative estimate of drug-likeness (QED) is 0.608. The van der Waals surface area contributed by atoms with Crippen LogP contribution in [0.25, 0.3) is 11.5 Å². The van der Waals surface area contributed by atoms with Crippen molar-refractivity contribution >= 4 is 11.8 Å². The smallest absolute Gasteiger partial charge is 0.276 e. The van der Waals surface area contributed by atoms with E-state index in [1.165, 1.54) is 17.3 Å². The molecule has 1 aromatic heterocycles. The first-order valence-electron chi connectivity index (χ1n) is 5.70. The van der Waals surface area contributed by atoms with Crippen molar-refractivity contribution in [1.82, 2.24) is 10.2 Å². The van der Waals surface area contributed by atoms with E-state index < -0.39 is 0 Å². The minimum Gasteiger partial charge on any atom is -0.411 e. The lowest BCUT2D eigenvalue weighted by Crippen LogP contribution is -1.78. The highest BCUT2D eigenvalue weighted by atomic mass is 32.2. The van der Waals surface area contributed by atoms with Gasteiger partial charge < -0.3 is 4.42 Å². The Labute approximate surface area is 110 Å². The van der Waals surface area contributed by atoms with Crippen molar-refractivity contribution in [3.8, 4) is 17.5 Å². The zero-order valence-corrected chi connectivity index (χ0v) is 10.9. The van der Waals surface area contributed by atoms with Crippen molar-refractivity contribution in [1.29, 1.82) is 5.26 Å². The molecule has 2 aromatic rings. The van der Waals surface area contributed by atoms with Crippen molar-refractivity contribution in [2.45, 2.75) is 25.0 Å². The summed E-state index contributed by atoms with van der Waals surface area (Å²) in [6.07, 6.45) is 1.40. The van der Waals surface area contributed by atoms with Gasteiger partial charge >= 0.3 is 0 Å². The van der Waals surface area contributed by atoms with Gasteiger partial charge in [0.2, 0.25) is 5.89 Å². The van der Waals surface area contributed by atoms with E-state index in [0.29, 0.717) is 17.5 Å². The molecule has 0 unspecified atom stereocenters. The molecule has 0 saturated carbocycles. The number of rotatable bonds is 5. The molecule has 92 valence electrons. The first kappa shape index (κ1) is 12.7. The molecular formula is C13H13N3OS. The number of benzene rings is 1. The van der Waals surface area contributed by atoms with E-state index in [9.17, 15) is 0 Å². The van der Waals surface area contributed by atoms with E-state index in [1.54, 1.807) is 0 Å². The Morgan fingerprint density at radius 3 is 2.78 bits per heavy atom. The molecule has 0 radical (unpaired) electrons. The monoisotopic (exact) mass is 259 g/mol. The number of aryl methyl sites for hydroxylation is 1.